The molecule has 0 rings (SSSR count). The topological polar surface area (TPSA) is 43.8 Å². The van der Waals surface area contributed by atoms with Crippen LogP contribution in [0.4, 0.5) is 13.2 Å². The number of carbonyl (C=O) groups is 1. The largest absolute Gasteiger partial charge is 0.401 e. The highest BCUT2D eigenvalue weighted by atomic mass is 19.4. The number of halogens is 3. The van der Waals surface area contributed by atoms with Gasteiger partial charge in [-0.25, -0.2) is 0 Å². The Bertz CT molecular complexity index is 298. The number of hydrogen-bond donors (Lipinski definition) is 1. The predicted molar refractivity (Wildman–Crippen MR) is 66.4 cm³/mol. The van der Waals surface area contributed by atoms with E-state index in [0.717, 1.165) is 4.90 Å². The van der Waals surface area contributed by atoms with E-state index in [9.17, 15) is 23.1 Å². The summed E-state index contributed by atoms with van der Waals surface area (Å²) in [6.07, 6.45) is -5.60. The first-order valence-electron chi connectivity index (χ1n) is 6.01. The Morgan fingerprint density at radius 2 is 1.68 bits per heavy atom. The maximum atomic E-state index is 12.5. The van der Waals surface area contributed by atoms with Gasteiger partial charge in [0.25, 0.3) is 0 Å². The maximum absolute atomic E-state index is 12.5. The minimum absolute atomic E-state index is 0.157. The quantitative estimate of drug-likeness (QED) is 0.781. The van der Waals surface area contributed by atoms with Gasteiger partial charge in [0, 0.05) is 14.1 Å². The zero-order chi connectivity index (χ0) is 15.4. The molecule has 0 aromatic rings. The van der Waals surface area contributed by atoms with Crippen molar-refractivity contribution < 1.29 is 23.1 Å². The lowest BCUT2D eigenvalue weighted by Crippen LogP contribution is -2.48. The second-order valence-corrected chi connectivity index (χ2v) is 6.05. The van der Waals surface area contributed by atoms with Crippen LogP contribution in [0, 0.1) is 5.41 Å². The van der Waals surface area contributed by atoms with Crippen LogP contribution in [0.3, 0.4) is 0 Å². The second-order valence-electron chi connectivity index (χ2n) is 6.05. The van der Waals surface area contributed by atoms with Crippen molar-refractivity contribution in [1.29, 1.82) is 0 Å². The summed E-state index contributed by atoms with van der Waals surface area (Å²) >= 11 is 0. The fourth-order valence-corrected chi connectivity index (χ4v) is 1.49. The summed E-state index contributed by atoms with van der Waals surface area (Å²) in [5.74, 6) is -0.475. The first-order chi connectivity index (χ1) is 8.32. The molecule has 1 unspecified atom stereocenters. The average molecular weight is 284 g/mol. The summed E-state index contributed by atoms with van der Waals surface area (Å²) in [6.45, 7) is 3.69. The lowest BCUT2D eigenvalue weighted by atomic mass is 9.91. The first kappa shape index (κ1) is 18.2. The van der Waals surface area contributed by atoms with E-state index in [1.54, 1.807) is 0 Å². The summed E-state index contributed by atoms with van der Waals surface area (Å²) < 4.78 is 37.4. The molecule has 0 spiro atoms. The Kier molecular flexibility index (Phi) is 6.28. The first-order valence-corrected chi connectivity index (χ1v) is 6.01. The van der Waals surface area contributed by atoms with Crippen LogP contribution in [-0.4, -0.2) is 60.4 Å². The van der Waals surface area contributed by atoms with Gasteiger partial charge in [-0.1, -0.05) is 20.8 Å². The molecule has 0 aliphatic carbocycles. The smallest absolute Gasteiger partial charge is 0.378 e. The minimum Gasteiger partial charge on any atom is -0.378 e. The number of rotatable bonds is 5. The molecule has 7 heteroatoms. The van der Waals surface area contributed by atoms with E-state index < -0.39 is 31.4 Å². The highest BCUT2D eigenvalue weighted by Gasteiger charge is 2.35. The van der Waals surface area contributed by atoms with Gasteiger partial charge in [-0.05, 0) is 11.8 Å². The third-order valence-corrected chi connectivity index (χ3v) is 2.44. The molecule has 0 bridgehead atoms. The Labute approximate surface area is 112 Å². The van der Waals surface area contributed by atoms with Crippen molar-refractivity contribution >= 4 is 5.91 Å². The molecule has 0 saturated carbocycles. The van der Waals surface area contributed by atoms with Crippen molar-refractivity contribution in [3.8, 4) is 0 Å². The van der Waals surface area contributed by atoms with Crippen LogP contribution in [0.25, 0.3) is 0 Å². The molecule has 0 aromatic heterocycles. The van der Waals surface area contributed by atoms with E-state index >= 15 is 0 Å². The molecule has 0 heterocycles. The molecule has 4 nitrogen and oxygen atoms in total. The highest BCUT2D eigenvalue weighted by Crippen LogP contribution is 2.25. The zero-order valence-corrected chi connectivity index (χ0v) is 12.1. The van der Waals surface area contributed by atoms with E-state index in [1.807, 2.05) is 20.8 Å². The van der Waals surface area contributed by atoms with Crippen LogP contribution >= 0.6 is 0 Å². The van der Waals surface area contributed by atoms with Crippen LogP contribution < -0.4 is 0 Å². The van der Waals surface area contributed by atoms with Gasteiger partial charge in [-0.15, -0.1) is 0 Å². The number of alkyl halides is 3. The van der Waals surface area contributed by atoms with Crippen molar-refractivity contribution in [2.45, 2.75) is 39.6 Å². The number of hydrogen-bond acceptors (Lipinski definition) is 3. The van der Waals surface area contributed by atoms with Gasteiger partial charge in [0.15, 0.2) is 0 Å². The summed E-state index contributed by atoms with van der Waals surface area (Å²) in [5, 5.41) is 9.89. The molecular formula is C12H23F3N2O2. The van der Waals surface area contributed by atoms with Crippen molar-refractivity contribution in [3.05, 3.63) is 0 Å². The SMILES string of the molecule is CN(C)C(=O)CN(CC(F)(F)F)C(O)CC(C)(C)C. The van der Waals surface area contributed by atoms with Gasteiger partial charge < -0.3 is 10.0 Å². The fraction of sp³-hybridized carbons (Fsp3) is 0.917. The molecule has 0 aromatic carbocycles. The van der Waals surface area contributed by atoms with Gasteiger partial charge >= 0.3 is 6.18 Å². The van der Waals surface area contributed by atoms with Crippen molar-refractivity contribution in [1.82, 2.24) is 9.80 Å². The predicted octanol–water partition coefficient (Wildman–Crippen LogP) is 1.69. The van der Waals surface area contributed by atoms with Crippen LogP contribution in [0.5, 0.6) is 0 Å². The molecule has 1 amide bonds. The number of amides is 1. The van der Waals surface area contributed by atoms with Gasteiger partial charge in [0.1, 0.15) is 6.23 Å². The van der Waals surface area contributed by atoms with Crippen LogP contribution in [0.1, 0.15) is 27.2 Å². The Hall–Kier alpha value is -0.820. The van der Waals surface area contributed by atoms with Crippen molar-refractivity contribution in [2.75, 3.05) is 27.2 Å². The van der Waals surface area contributed by atoms with Gasteiger partial charge in [-0.2, -0.15) is 13.2 Å². The van der Waals surface area contributed by atoms with Crippen LogP contribution in [-0.2, 0) is 4.79 Å². The molecule has 1 atom stereocenters. The molecule has 0 aliphatic rings. The van der Waals surface area contributed by atoms with E-state index in [0.29, 0.717) is 0 Å². The molecule has 0 radical (unpaired) electrons. The Balaban J connectivity index is 4.80. The lowest BCUT2D eigenvalue weighted by molar-refractivity contribution is -0.173. The Morgan fingerprint density at radius 1 is 1.21 bits per heavy atom. The van der Waals surface area contributed by atoms with E-state index in [4.69, 9.17) is 0 Å². The van der Waals surface area contributed by atoms with Crippen LogP contribution in [0.15, 0.2) is 0 Å². The third kappa shape index (κ3) is 8.83. The molecule has 19 heavy (non-hydrogen) atoms. The number of aliphatic hydroxyl groups is 1. The number of aliphatic hydroxyl groups excluding tert-OH is 1. The molecule has 114 valence electrons. The van der Waals surface area contributed by atoms with Crippen LogP contribution in [0.2, 0.25) is 0 Å². The standard InChI is InChI=1S/C12H23F3N2O2/c1-11(2,3)6-9(18)17(8-12(13,14)15)7-10(19)16(4)5/h9,18H,6-8H2,1-5H3. The summed E-state index contributed by atoms with van der Waals surface area (Å²) in [7, 11) is 2.93. The van der Waals surface area contributed by atoms with E-state index in [1.165, 1.54) is 19.0 Å². The van der Waals surface area contributed by atoms with Crippen molar-refractivity contribution in [2.24, 2.45) is 5.41 Å². The Morgan fingerprint density at radius 3 is 2.00 bits per heavy atom. The van der Waals surface area contributed by atoms with Crippen molar-refractivity contribution in [3.63, 3.8) is 0 Å². The number of nitrogens with zero attached hydrogens (tertiary/aromatic N) is 2. The highest BCUT2D eigenvalue weighted by molar-refractivity contribution is 5.77. The van der Waals surface area contributed by atoms with Gasteiger partial charge in [0.2, 0.25) is 5.91 Å². The summed E-state index contributed by atoms with van der Waals surface area (Å²) in [6, 6.07) is 0. The monoisotopic (exact) mass is 284 g/mol. The molecular weight excluding hydrogens is 261 g/mol. The lowest BCUT2D eigenvalue weighted by Gasteiger charge is -2.32. The summed E-state index contributed by atoms with van der Waals surface area (Å²) in [5.41, 5.74) is -0.329. The van der Waals surface area contributed by atoms with Gasteiger partial charge in [-0.3, -0.25) is 9.69 Å². The normalized spacial score (nSPS) is 14.6. The fourth-order valence-electron chi connectivity index (χ4n) is 1.49. The second kappa shape index (κ2) is 6.56. The summed E-state index contributed by atoms with van der Waals surface area (Å²) in [4.78, 5) is 13.5. The average Bonchev–Trinajstić information content (AvgIpc) is 2.11. The van der Waals surface area contributed by atoms with Gasteiger partial charge in [0.05, 0.1) is 13.1 Å². The molecule has 0 fully saturated rings. The third-order valence-electron chi connectivity index (χ3n) is 2.44. The number of likely N-dealkylation sites (N-methyl/N-ethyl adjacent to an activating group) is 1. The maximum Gasteiger partial charge on any atom is 0.401 e. The molecule has 0 aliphatic heterocycles. The van der Waals surface area contributed by atoms with E-state index in [-0.39, 0.29) is 11.8 Å². The molecule has 0 saturated heterocycles. The minimum atomic E-state index is -4.45. The van der Waals surface area contributed by atoms with E-state index in [2.05, 4.69) is 0 Å². The number of carbonyl (C=O) groups excluding carboxylic acids is 1. The zero-order valence-electron chi connectivity index (χ0n) is 12.1. The molecule has 1 N–H and O–H groups in total.